The van der Waals surface area contributed by atoms with Crippen LogP contribution in [-0.2, 0) is 4.79 Å². The van der Waals surface area contributed by atoms with E-state index in [0.29, 0.717) is 28.9 Å². The zero-order valence-electron chi connectivity index (χ0n) is 14.4. The van der Waals surface area contributed by atoms with Crippen molar-refractivity contribution in [2.75, 3.05) is 17.3 Å². The number of aromatic amines is 2. The maximum absolute atomic E-state index is 12.8. The van der Waals surface area contributed by atoms with Gasteiger partial charge in [-0.25, -0.2) is 9.36 Å². The van der Waals surface area contributed by atoms with Crippen molar-refractivity contribution in [3.05, 3.63) is 56.9 Å². The number of fused-ring (bicyclic) bond motifs is 1. The van der Waals surface area contributed by atoms with Crippen molar-refractivity contribution in [3.8, 4) is 0 Å². The minimum Gasteiger partial charge on any atom is -0.307 e. The maximum Gasteiger partial charge on any atom is 0.329 e. The first-order chi connectivity index (χ1) is 12.5. The van der Waals surface area contributed by atoms with E-state index in [-0.39, 0.29) is 0 Å². The van der Waals surface area contributed by atoms with Crippen LogP contribution in [0.25, 0.3) is 10.9 Å². The molecule has 2 heterocycles. The van der Waals surface area contributed by atoms with Crippen LogP contribution in [0.1, 0.15) is 18.2 Å². The molecule has 3 rings (SSSR count). The van der Waals surface area contributed by atoms with Crippen molar-refractivity contribution in [2.45, 2.75) is 19.4 Å². The first-order valence-corrected chi connectivity index (χ1v) is 9.46. The molecule has 1 atom stereocenters. The minimum absolute atomic E-state index is 0.345. The summed E-state index contributed by atoms with van der Waals surface area (Å²) in [5.41, 5.74) is 0.157. The molecule has 0 bridgehead atoms. The van der Waals surface area contributed by atoms with E-state index in [1.807, 2.05) is 13.2 Å². The van der Waals surface area contributed by atoms with E-state index in [4.69, 9.17) is 0 Å². The highest BCUT2D eigenvalue weighted by Crippen LogP contribution is 2.15. The molecule has 2 aromatic heterocycles. The second-order valence-corrected chi connectivity index (χ2v) is 6.86. The van der Waals surface area contributed by atoms with Gasteiger partial charge in [-0.3, -0.25) is 14.7 Å². The highest BCUT2D eigenvalue weighted by molar-refractivity contribution is 7.98. The quantitative estimate of drug-likeness (QED) is 0.608. The summed E-state index contributed by atoms with van der Waals surface area (Å²) < 4.78 is 0.993. The predicted molar refractivity (Wildman–Crippen MR) is 103 cm³/mol. The molecule has 9 heteroatoms. The lowest BCUT2D eigenvalue weighted by molar-refractivity contribution is -0.119. The first kappa shape index (κ1) is 18.0. The van der Waals surface area contributed by atoms with Crippen molar-refractivity contribution in [2.24, 2.45) is 0 Å². The molecule has 0 unspecified atom stereocenters. The molecule has 0 aliphatic carbocycles. The van der Waals surface area contributed by atoms with Crippen LogP contribution in [0.4, 0.5) is 5.82 Å². The number of aryl methyl sites for hydroxylation is 1. The van der Waals surface area contributed by atoms with Gasteiger partial charge < -0.3 is 10.3 Å². The Balaban J connectivity index is 2.05. The Hall–Kier alpha value is -2.81. The van der Waals surface area contributed by atoms with E-state index in [1.165, 1.54) is 11.8 Å². The van der Waals surface area contributed by atoms with Crippen LogP contribution in [0.5, 0.6) is 0 Å². The van der Waals surface area contributed by atoms with E-state index >= 15 is 0 Å². The second kappa shape index (κ2) is 7.61. The molecule has 0 saturated heterocycles. The van der Waals surface area contributed by atoms with E-state index in [9.17, 15) is 14.4 Å². The van der Waals surface area contributed by atoms with Gasteiger partial charge in [0.15, 0.2) is 5.82 Å². The highest BCUT2D eigenvalue weighted by Gasteiger charge is 2.25. The SMILES string of the molecule is CSCC[C@@H](C(=O)Nc1cc(C)[nH]n1)n1c(=O)[nH]c2ccccc2c1=O. The summed E-state index contributed by atoms with van der Waals surface area (Å²) in [6.45, 7) is 1.81. The number of rotatable bonds is 6. The van der Waals surface area contributed by atoms with Gasteiger partial charge in [0.25, 0.3) is 5.56 Å². The van der Waals surface area contributed by atoms with E-state index in [0.717, 1.165) is 10.3 Å². The zero-order chi connectivity index (χ0) is 18.7. The summed E-state index contributed by atoms with van der Waals surface area (Å²) in [4.78, 5) is 40.8. The lowest BCUT2D eigenvalue weighted by Gasteiger charge is -2.18. The van der Waals surface area contributed by atoms with E-state index in [2.05, 4.69) is 20.5 Å². The number of carbonyl (C=O) groups is 1. The summed E-state index contributed by atoms with van der Waals surface area (Å²) in [5, 5.41) is 9.74. The third-order valence-electron chi connectivity index (χ3n) is 4.00. The number of benzene rings is 1. The molecule has 1 amide bonds. The normalized spacial score (nSPS) is 12.2. The van der Waals surface area contributed by atoms with Gasteiger partial charge in [0.05, 0.1) is 10.9 Å². The molecule has 0 saturated carbocycles. The Morgan fingerprint density at radius 1 is 1.35 bits per heavy atom. The molecule has 0 spiro atoms. The number of nitrogens with zero attached hydrogens (tertiary/aromatic N) is 2. The molecule has 26 heavy (non-hydrogen) atoms. The summed E-state index contributed by atoms with van der Waals surface area (Å²) >= 11 is 1.54. The standard InChI is InChI=1S/C17H19N5O3S/c1-10-9-14(21-20-10)19-15(23)13(7-8-26-2)22-16(24)11-5-3-4-6-12(11)18-17(22)25/h3-6,9,13H,7-8H2,1-2H3,(H,18,25)(H2,19,20,21,23)/t13-/m0/s1. The molecule has 0 aliphatic rings. The number of carbonyl (C=O) groups excluding carboxylic acids is 1. The lowest BCUT2D eigenvalue weighted by atomic mass is 10.2. The summed E-state index contributed by atoms with van der Waals surface area (Å²) in [6, 6.07) is 7.49. The van der Waals surface area contributed by atoms with Gasteiger partial charge in [0.1, 0.15) is 6.04 Å². The van der Waals surface area contributed by atoms with Crippen LogP contribution in [0.2, 0.25) is 0 Å². The minimum atomic E-state index is -0.930. The highest BCUT2D eigenvalue weighted by atomic mass is 32.2. The Bertz CT molecular complexity index is 1050. The van der Waals surface area contributed by atoms with Crippen LogP contribution < -0.4 is 16.6 Å². The van der Waals surface area contributed by atoms with E-state index in [1.54, 1.807) is 30.3 Å². The van der Waals surface area contributed by atoms with Gasteiger partial charge in [-0.1, -0.05) is 12.1 Å². The van der Waals surface area contributed by atoms with Crippen molar-refractivity contribution in [1.82, 2.24) is 19.7 Å². The van der Waals surface area contributed by atoms with Gasteiger partial charge in [-0.2, -0.15) is 16.9 Å². The summed E-state index contributed by atoms with van der Waals surface area (Å²) in [7, 11) is 0. The van der Waals surface area contributed by atoms with Crippen molar-refractivity contribution >= 4 is 34.4 Å². The fourth-order valence-electron chi connectivity index (χ4n) is 2.76. The predicted octanol–water partition coefficient (Wildman–Crippen LogP) is 1.65. The largest absolute Gasteiger partial charge is 0.329 e. The number of para-hydroxylation sites is 1. The fourth-order valence-corrected chi connectivity index (χ4v) is 3.22. The molecular formula is C17H19N5O3S. The van der Waals surface area contributed by atoms with Gasteiger partial charge in [0.2, 0.25) is 5.91 Å². The fraction of sp³-hybridized carbons (Fsp3) is 0.294. The zero-order valence-corrected chi connectivity index (χ0v) is 15.2. The van der Waals surface area contributed by atoms with Gasteiger partial charge in [-0.05, 0) is 37.5 Å². The molecule has 0 fully saturated rings. The average Bonchev–Trinajstić information content (AvgIpc) is 3.02. The average molecular weight is 373 g/mol. The maximum atomic E-state index is 12.8. The third-order valence-corrected chi connectivity index (χ3v) is 4.65. The monoisotopic (exact) mass is 373 g/mol. The van der Waals surface area contributed by atoms with Crippen LogP contribution >= 0.6 is 11.8 Å². The number of aromatic nitrogens is 4. The number of H-pyrrole nitrogens is 2. The van der Waals surface area contributed by atoms with Crippen LogP contribution in [0, 0.1) is 6.92 Å². The van der Waals surface area contributed by atoms with Crippen LogP contribution in [0.3, 0.4) is 0 Å². The molecule has 1 aromatic carbocycles. The van der Waals surface area contributed by atoms with Crippen LogP contribution in [0.15, 0.2) is 39.9 Å². The number of thioether (sulfide) groups is 1. The second-order valence-electron chi connectivity index (χ2n) is 5.87. The molecule has 136 valence electrons. The van der Waals surface area contributed by atoms with Crippen LogP contribution in [-0.4, -0.2) is 37.7 Å². The van der Waals surface area contributed by atoms with Crippen molar-refractivity contribution in [3.63, 3.8) is 0 Å². The smallest absolute Gasteiger partial charge is 0.307 e. The summed E-state index contributed by atoms with van der Waals surface area (Å²) in [5.74, 6) is 0.525. The van der Waals surface area contributed by atoms with E-state index < -0.39 is 23.2 Å². The molecule has 0 aliphatic heterocycles. The van der Waals surface area contributed by atoms with Gasteiger partial charge in [-0.15, -0.1) is 0 Å². The van der Waals surface area contributed by atoms with Crippen molar-refractivity contribution < 1.29 is 4.79 Å². The molecule has 3 N–H and O–H groups in total. The Morgan fingerprint density at radius 3 is 2.81 bits per heavy atom. The summed E-state index contributed by atoms with van der Waals surface area (Å²) in [6.07, 6.45) is 2.25. The molecular weight excluding hydrogens is 354 g/mol. The number of hydrogen-bond acceptors (Lipinski definition) is 5. The molecule has 3 aromatic rings. The topological polar surface area (TPSA) is 113 Å². The van der Waals surface area contributed by atoms with Crippen molar-refractivity contribution in [1.29, 1.82) is 0 Å². The number of anilines is 1. The first-order valence-electron chi connectivity index (χ1n) is 8.06. The molecule has 8 nitrogen and oxygen atoms in total. The Kier molecular flexibility index (Phi) is 5.27. The third kappa shape index (κ3) is 3.57. The Labute approximate surface area is 153 Å². The molecule has 0 radical (unpaired) electrons. The number of nitrogens with one attached hydrogen (secondary N) is 3. The Morgan fingerprint density at radius 2 is 2.12 bits per heavy atom. The number of amides is 1. The van der Waals surface area contributed by atoms with Gasteiger partial charge >= 0.3 is 5.69 Å². The lowest BCUT2D eigenvalue weighted by Crippen LogP contribution is -2.43. The van der Waals surface area contributed by atoms with Gasteiger partial charge in [0, 0.05) is 11.8 Å². The number of hydrogen-bond donors (Lipinski definition) is 3.